The Balaban J connectivity index is 2.09. The van der Waals surface area contributed by atoms with Crippen LogP contribution in [0.3, 0.4) is 0 Å². The molecule has 0 aliphatic rings. The standard InChI is InChI=1S/C15H18FN3O/c1-9(2)6-10(3)15(20)17-7-11-12(16)4-5-13-14(11)19-8-18-13/h4-5,8,10H,1,6-7H2,2-3H3,(H,17,20)(H,18,19). The summed E-state index contributed by atoms with van der Waals surface area (Å²) in [5.74, 6) is -0.647. The van der Waals surface area contributed by atoms with E-state index >= 15 is 0 Å². The van der Waals surface area contributed by atoms with Crippen molar-refractivity contribution in [2.75, 3.05) is 0 Å². The summed E-state index contributed by atoms with van der Waals surface area (Å²) in [6.07, 6.45) is 2.14. The first kappa shape index (κ1) is 14.2. The Hall–Kier alpha value is -2.17. The molecule has 0 saturated heterocycles. The van der Waals surface area contributed by atoms with Crippen molar-refractivity contribution in [1.29, 1.82) is 0 Å². The summed E-state index contributed by atoms with van der Waals surface area (Å²) in [5.41, 5.74) is 2.66. The number of fused-ring (bicyclic) bond motifs is 1. The zero-order chi connectivity index (χ0) is 14.7. The van der Waals surface area contributed by atoms with E-state index in [9.17, 15) is 9.18 Å². The molecule has 2 N–H and O–H groups in total. The Morgan fingerprint density at radius 2 is 2.30 bits per heavy atom. The summed E-state index contributed by atoms with van der Waals surface area (Å²) in [6, 6.07) is 3.01. The lowest BCUT2D eigenvalue weighted by molar-refractivity contribution is -0.124. The fraction of sp³-hybridized carbons (Fsp3) is 0.333. The molecule has 106 valence electrons. The Kier molecular flexibility index (Phi) is 4.17. The summed E-state index contributed by atoms with van der Waals surface area (Å²) >= 11 is 0. The molecule has 1 aromatic heterocycles. The van der Waals surface area contributed by atoms with Crippen molar-refractivity contribution in [3.05, 3.63) is 42.0 Å². The van der Waals surface area contributed by atoms with Crippen molar-refractivity contribution >= 4 is 16.9 Å². The number of allylic oxidation sites excluding steroid dienone is 1. The Morgan fingerprint density at radius 1 is 1.55 bits per heavy atom. The van der Waals surface area contributed by atoms with Gasteiger partial charge in [0.05, 0.1) is 17.4 Å². The number of carbonyl (C=O) groups is 1. The summed E-state index contributed by atoms with van der Waals surface area (Å²) in [7, 11) is 0. The third-order valence-corrected chi connectivity index (χ3v) is 3.18. The lowest BCUT2D eigenvalue weighted by atomic mass is 10.0. The second-order valence-electron chi connectivity index (χ2n) is 5.10. The third-order valence-electron chi connectivity index (χ3n) is 3.18. The number of nitrogens with one attached hydrogen (secondary N) is 2. The number of benzene rings is 1. The maximum Gasteiger partial charge on any atom is 0.223 e. The highest BCUT2D eigenvalue weighted by Gasteiger charge is 2.15. The highest BCUT2D eigenvalue weighted by Crippen LogP contribution is 2.18. The quantitative estimate of drug-likeness (QED) is 0.824. The average Bonchev–Trinajstić information content (AvgIpc) is 2.84. The van der Waals surface area contributed by atoms with Crippen LogP contribution in [0.4, 0.5) is 4.39 Å². The first-order valence-electron chi connectivity index (χ1n) is 6.51. The van der Waals surface area contributed by atoms with E-state index in [4.69, 9.17) is 0 Å². The van der Waals surface area contributed by atoms with Crippen LogP contribution in [-0.4, -0.2) is 15.9 Å². The topological polar surface area (TPSA) is 57.8 Å². The predicted molar refractivity (Wildman–Crippen MR) is 76.5 cm³/mol. The summed E-state index contributed by atoms with van der Waals surface area (Å²) in [5, 5.41) is 2.75. The smallest absolute Gasteiger partial charge is 0.223 e. The molecule has 4 nitrogen and oxygen atoms in total. The number of halogens is 1. The predicted octanol–water partition coefficient (Wildman–Crippen LogP) is 2.92. The van der Waals surface area contributed by atoms with Gasteiger partial charge < -0.3 is 10.3 Å². The van der Waals surface area contributed by atoms with Gasteiger partial charge in [0, 0.05) is 18.0 Å². The van der Waals surface area contributed by atoms with Crippen molar-refractivity contribution < 1.29 is 9.18 Å². The van der Waals surface area contributed by atoms with Crippen LogP contribution in [0.2, 0.25) is 0 Å². The van der Waals surface area contributed by atoms with E-state index in [-0.39, 0.29) is 24.2 Å². The SMILES string of the molecule is C=C(C)CC(C)C(=O)NCc1c(F)ccc2[nH]cnc12. The van der Waals surface area contributed by atoms with Gasteiger partial charge in [-0.1, -0.05) is 12.5 Å². The van der Waals surface area contributed by atoms with Gasteiger partial charge in [-0.05, 0) is 25.5 Å². The van der Waals surface area contributed by atoms with Crippen LogP contribution < -0.4 is 5.32 Å². The monoisotopic (exact) mass is 275 g/mol. The van der Waals surface area contributed by atoms with Crippen molar-refractivity contribution in [3.8, 4) is 0 Å². The molecule has 0 aliphatic heterocycles. The average molecular weight is 275 g/mol. The van der Waals surface area contributed by atoms with Crippen LogP contribution in [0.1, 0.15) is 25.8 Å². The number of imidazole rings is 1. The maximum atomic E-state index is 13.8. The highest BCUT2D eigenvalue weighted by atomic mass is 19.1. The molecule has 1 aromatic carbocycles. The molecule has 1 amide bonds. The molecule has 0 radical (unpaired) electrons. The largest absolute Gasteiger partial charge is 0.352 e. The molecule has 1 heterocycles. The number of aromatic amines is 1. The molecule has 2 rings (SSSR count). The molecule has 0 saturated carbocycles. The zero-order valence-corrected chi connectivity index (χ0v) is 11.7. The molecule has 2 aromatic rings. The Bertz CT molecular complexity index is 648. The van der Waals surface area contributed by atoms with Crippen LogP contribution in [0, 0.1) is 11.7 Å². The molecule has 1 atom stereocenters. The minimum atomic E-state index is -0.363. The van der Waals surface area contributed by atoms with E-state index < -0.39 is 0 Å². The maximum absolute atomic E-state index is 13.8. The molecular formula is C15H18FN3O. The number of hydrogen-bond donors (Lipinski definition) is 2. The number of rotatable bonds is 5. The molecular weight excluding hydrogens is 257 g/mol. The lowest BCUT2D eigenvalue weighted by Crippen LogP contribution is -2.29. The normalized spacial score (nSPS) is 12.3. The number of carbonyl (C=O) groups excluding carboxylic acids is 1. The number of amides is 1. The van der Waals surface area contributed by atoms with Gasteiger partial charge in [0.2, 0.25) is 5.91 Å². The molecule has 1 unspecified atom stereocenters. The van der Waals surface area contributed by atoms with Crippen molar-refractivity contribution in [1.82, 2.24) is 15.3 Å². The van der Waals surface area contributed by atoms with Crippen molar-refractivity contribution in [2.24, 2.45) is 5.92 Å². The summed E-state index contributed by atoms with van der Waals surface area (Å²) in [6.45, 7) is 7.63. The summed E-state index contributed by atoms with van der Waals surface area (Å²) < 4.78 is 13.8. The minimum Gasteiger partial charge on any atom is -0.352 e. The second-order valence-corrected chi connectivity index (χ2v) is 5.10. The molecule has 0 spiro atoms. The van der Waals surface area contributed by atoms with Gasteiger partial charge in [0.1, 0.15) is 5.82 Å². The first-order valence-corrected chi connectivity index (χ1v) is 6.51. The highest BCUT2D eigenvalue weighted by molar-refractivity contribution is 5.81. The van der Waals surface area contributed by atoms with Crippen LogP contribution in [0.25, 0.3) is 11.0 Å². The van der Waals surface area contributed by atoms with E-state index in [1.807, 2.05) is 13.8 Å². The van der Waals surface area contributed by atoms with Crippen molar-refractivity contribution in [2.45, 2.75) is 26.8 Å². The number of H-pyrrole nitrogens is 1. The van der Waals surface area contributed by atoms with Gasteiger partial charge in [-0.25, -0.2) is 9.37 Å². The molecule has 0 fully saturated rings. The van der Waals surface area contributed by atoms with Gasteiger partial charge in [0.25, 0.3) is 0 Å². The number of aromatic nitrogens is 2. The van der Waals surface area contributed by atoms with Gasteiger partial charge in [-0.3, -0.25) is 4.79 Å². The Labute approximate surface area is 117 Å². The zero-order valence-electron chi connectivity index (χ0n) is 11.7. The van der Waals surface area contributed by atoms with E-state index in [2.05, 4.69) is 21.9 Å². The fourth-order valence-corrected chi connectivity index (χ4v) is 2.18. The second kappa shape index (κ2) is 5.86. The van der Waals surface area contributed by atoms with E-state index in [1.165, 1.54) is 12.4 Å². The van der Waals surface area contributed by atoms with Gasteiger partial charge in [-0.15, -0.1) is 6.58 Å². The third kappa shape index (κ3) is 3.04. The Morgan fingerprint density at radius 3 is 3.00 bits per heavy atom. The molecule has 5 heteroatoms. The van der Waals surface area contributed by atoms with Crippen LogP contribution in [0.15, 0.2) is 30.6 Å². The van der Waals surface area contributed by atoms with Crippen LogP contribution in [-0.2, 0) is 11.3 Å². The van der Waals surface area contributed by atoms with Crippen molar-refractivity contribution in [3.63, 3.8) is 0 Å². The number of nitrogens with zero attached hydrogens (tertiary/aromatic N) is 1. The van der Waals surface area contributed by atoms with E-state index in [0.717, 1.165) is 11.1 Å². The van der Waals surface area contributed by atoms with E-state index in [0.29, 0.717) is 17.5 Å². The van der Waals surface area contributed by atoms with Gasteiger partial charge in [-0.2, -0.15) is 0 Å². The lowest BCUT2D eigenvalue weighted by Gasteiger charge is -2.12. The minimum absolute atomic E-state index is 0.111. The van der Waals surface area contributed by atoms with Gasteiger partial charge >= 0.3 is 0 Å². The van der Waals surface area contributed by atoms with Gasteiger partial charge in [0.15, 0.2) is 0 Å². The summed E-state index contributed by atoms with van der Waals surface area (Å²) in [4.78, 5) is 18.9. The number of hydrogen-bond acceptors (Lipinski definition) is 2. The fourth-order valence-electron chi connectivity index (χ4n) is 2.18. The first-order chi connectivity index (χ1) is 9.49. The van der Waals surface area contributed by atoms with E-state index in [1.54, 1.807) is 6.07 Å². The van der Waals surface area contributed by atoms with Crippen LogP contribution in [0.5, 0.6) is 0 Å². The molecule has 0 aliphatic carbocycles. The molecule has 20 heavy (non-hydrogen) atoms. The molecule has 0 bridgehead atoms. The van der Waals surface area contributed by atoms with Crippen LogP contribution >= 0.6 is 0 Å².